The van der Waals surface area contributed by atoms with Crippen molar-refractivity contribution in [2.45, 2.75) is 12.8 Å². The van der Waals surface area contributed by atoms with E-state index in [0.29, 0.717) is 11.3 Å². The molecule has 5 nitrogen and oxygen atoms in total. The van der Waals surface area contributed by atoms with Crippen LogP contribution in [0.4, 0.5) is 4.39 Å². The molecular weight excluding hydrogens is 379 g/mol. The number of halogens is 2. The Morgan fingerprint density at radius 1 is 1.00 bits per heavy atom. The fraction of sp³-hybridized carbons (Fsp3) is 0.118. The van der Waals surface area contributed by atoms with Gasteiger partial charge in [0.2, 0.25) is 0 Å². The van der Waals surface area contributed by atoms with Crippen molar-refractivity contribution in [1.29, 1.82) is 0 Å². The zero-order chi connectivity index (χ0) is 17.5. The lowest BCUT2D eigenvalue weighted by molar-refractivity contribution is -0.305. The molecule has 0 bridgehead atoms. The number of benzene rings is 2. The van der Waals surface area contributed by atoms with Crippen LogP contribution in [0, 0.1) is 5.82 Å². The van der Waals surface area contributed by atoms with Gasteiger partial charge >= 0.3 is 0 Å². The van der Waals surface area contributed by atoms with Gasteiger partial charge in [-0.25, -0.2) is 9.82 Å². The average Bonchev–Trinajstić information content (AvgIpc) is 2.56. The normalized spacial score (nSPS) is 11.2. The lowest BCUT2D eigenvalue weighted by Gasteiger charge is -2.09. The van der Waals surface area contributed by atoms with Crippen molar-refractivity contribution < 1.29 is 19.1 Å². The van der Waals surface area contributed by atoms with Gasteiger partial charge in [-0.2, -0.15) is 5.10 Å². The number of nitrogens with one attached hydrogen (secondary N) is 1. The van der Waals surface area contributed by atoms with Crippen molar-refractivity contribution in [3.63, 3.8) is 0 Å². The Morgan fingerprint density at radius 3 is 2.17 bits per heavy atom. The van der Waals surface area contributed by atoms with Gasteiger partial charge in [-0.1, -0.05) is 28.1 Å². The van der Waals surface area contributed by atoms with E-state index in [9.17, 15) is 19.1 Å². The molecule has 24 heavy (non-hydrogen) atoms. The number of carbonyl (C=O) groups is 2. The Morgan fingerprint density at radius 2 is 1.58 bits per heavy atom. The zero-order valence-electron chi connectivity index (χ0n) is 12.5. The van der Waals surface area contributed by atoms with Crippen LogP contribution < -0.4 is 10.5 Å². The van der Waals surface area contributed by atoms with Crippen molar-refractivity contribution in [3.8, 4) is 0 Å². The number of amides is 1. The first kappa shape index (κ1) is 17.8. The molecule has 0 aliphatic carbocycles. The Labute approximate surface area is 146 Å². The maximum absolute atomic E-state index is 12.9. The molecule has 0 saturated carbocycles. The highest BCUT2D eigenvalue weighted by Gasteiger charge is 2.08. The molecule has 0 spiro atoms. The third kappa shape index (κ3) is 5.27. The second kappa shape index (κ2) is 8.35. The van der Waals surface area contributed by atoms with Crippen LogP contribution in [-0.2, 0) is 4.79 Å². The summed E-state index contributed by atoms with van der Waals surface area (Å²) in [6.07, 6.45) is -0.116. The minimum atomic E-state index is -1.20. The van der Waals surface area contributed by atoms with Crippen molar-refractivity contribution in [1.82, 2.24) is 5.43 Å². The van der Waals surface area contributed by atoms with Crippen molar-refractivity contribution >= 4 is 33.5 Å². The van der Waals surface area contributed by atoms with Gasteiger partial charge in [-0.15, -0.1) is 0 Å². The largest absolute Gasteiger partial charge is 0.550 e. The second-order valence-electron chi connectivity index (χ2n) is 4.89. The molecule has 0 unspecified atom stereocenters. The van der Waals surface area contributed by atoms with Crippen LogP contribution in [0.1, 0.15) is 28.8 Å². The highest BCUT2D eigenvalue weighted by atomic mass is 79.9. The summed E-state index contributed by atoms with van der Waals surface area (Å²) < 4.78 is 13.7. The summed E-state index contributed by atoms with van der Waals surface area (Å²) >= 11 is 3.31. The molecular formula is C17H13BrFN2O3-. The van der Waals surface area contributed by atoms with Gasteiger partial charge < -0.3 is 9.90 Å². The molecule has 7 heteroatoms. The summed E-state index contributed by atoms with van der Waals surface area (Å²) in [6.45, 7) is 0. The molecule has 2 aromatic rings. The summed E-state index contributed by atoms with van der Waals surface area (Å²) in [6, 6.07) is 12.1. The van der Waals surface area contributed by atoms with Crippen LogP contribution in [0.3, 0.4) is 0 Å². The maximum atomic E-state index is 12.9. The Hall–Kier alpha value is -2.54. The molecule has 1 amide bonds. The Balaban J connectivity index is 2.17. The summed E-state index contributed by atoms with van der Waals surface area (Å²) in [7, 11) is 0. The van der Waals surface area contributed by atoms with Crippen LogP contribution in [0.5, 0.6) is 0 Å². The van der Waals surface area contributed by atoms with Crippen LogP contribution >= 0.6 is 15.9 Å². The fourth-order valence-corrected chi connectivity index (χ4v) is 2.18. The fourth-order valence-electron chi connectivity index (χ4n) is 1.91. The van der Waals surface area contributed by atoms with E-state index < -0.39 is 17.7 Å². The smallest absolute Gasteiger partial charge is 0.271 e. The van der Waals surface area contributed by atoms with Gasteiger partial charge in [0, 0.05) is 16.0 Å². The summed E-state index contributed by atoms with van der Waals surface area (Å²) in [5, 5.41) is 14.7. The van der Waals surface area contributed by atoms with Gasteiger partial charge in [0.25, 0.3) is 5.91 Å². The molecule has 0 atom stereocenters. The van der Waals surface area contributed by atoms with Gasteiger partial charge in [-0.3, -0.25) is 4.79 Å². The Kier molecular flexibility index (Phi) is 6.20. The highest BCUT2D eigenvalue weighted by Crippen LogP contribution is 2.13. The van der Waals surface area contributed by atoms with E-state index >= 15 is 0 Å². The van der Waals surface area contributed by atoms with Crippen LogP contribution in [0.2, 0.25) is 0 Å². The maximum Gasteiger partial charge on any atom is 0.271 e. The van der Waals surface area contributed by atoms with E-state index in [-0.39, 0.29) is 18.4 Å². The lowest BCUT2D eigenvalue weighted by atomic mass is 10.1. The van der Waals surface area contributed by atoms with Crippen molar-refractivity contribution in [2.24, 2.45) is 5.10 Å². The Bertz CT molecular complexity index is 758. The molecule has 124 valence electrons. The van der Waals surface area contributed by atoms with E-state index in [0.717, 1.165) is 4.47 Å². The summed E-state index contributed by atoms with van der Waals surface area (Å²) in [5.41, 5.74) is 3.69. The standard InChI is InChI=1S/C17H14BrFN2O3/c18-13-5-1-11(2-6-13)15(9-10-16(22)23)20-21-17(24)12-3-7-14(19)8-4-12/h1-8H,9-10H2,(H,21,24)(H,22,23)/p-1/b20-15-. The average molecular weight is 392 g/mol. The number of carboxylic acid groups (broad SMARTS) is 1. The number of rotatable bonds is 6. The topological polar surface area (TPSA) is 81.6 Å². The van der Waals surface area contributed by atoms with Crippen molar-refractivity contribution in [3.05, 3.63) is 69.9 Å². The van der Waals surface area contributed by atoms with Crippen LogP contribution in [0.15, 0.2) is 58.1 Å². The van der Waals surface area contributed by atoms with E-state index in [4.69, 9.17) is 0 Å². The molecule has 0 aliphatic heterocycles. The van der Waals surface area contributed by atoms with Gasteiger partial charge in [-0.05, 0) is 54.8 Å². The van der Waals surface area contributed by atoms with Crippen LogP contribution in [-0.4, -0.2) is 17.6 Å². The van der Waals surface area contributed by atoms with E-state index in [1.165, 1.54) is 24.3 Å². The number of hydrogen-bond donors (Lipinski definition) is 1. The lowest BCUT2D eigenvalue weighted by Crippen LogP contribution is -2.24. The molecule has 0 radical (unpaired) electrons. The number of aliphatic carboxylic acids is 1. The number of hydrogen-bond acceptors (Lipinski definition) is 4. The van der Waals surface area contributed by atoms with Crippen LogP contribution in [0.25, 0.3) is 0 Å². The predicted octanol–water partition coefficient (Wildman–Crippen LogP) is 2.25. The molecule has 0 saturated heterocycles. The minimum Gasteiger partial charge on any atom is -0.550 e. The summed E-state index contributed by atoms with van der Waals surface area (Å²) in [4.78, 5) is 22.7. The number of carbonyl (C=O) groups excluding carboxylic acids is 2. The van der Waals surface area contributed by atoms with Crippen molar-refractivity contribution in [2.75, 3.05) is 0 Å². The van der Waals surface area contributed by atoms with Gasteiger partial charge in [0.05, 0.1) is 5.71 Å². The first-order valence-corrected chi connectivity index (χ1v) is 7.83. The number of hydrazone groups is 1. The third-order valence-corrected chi connectivity index (χ3v) is 3.67. The SMILES string of the molecule is O=C([O-])CC/C(=N/NC(=O)c1ccc(F)cc1)c1ccc(Br)cc1. The molecule has 1 N–H and O–H groups in total. The highest BCUT2D eigenvalue weighted by molar-refractivity contribution is 9.10. The van der Waals surface area contributed by atoms with E-state index in [1.54, 1.807) is 24.3 Å². The molecule has 0 aliphatic rings. The first-order chi connectivity index (χ1) is 11.5. The molecule has 0 aromatic heterocycles. The molecule has 0 fully saturated rings. The molecule has 0 heterocycles. The second-order valence-corrected chi connectivity index (χ2v) is 5.80. The predicted molar refractivity (Wildman–Crippen MR) is 88.8 cm³/mol. The monoisotopic (exact) mass is 391 g/mol. The zero-order valence-corrected chi connectivity index (χ0v) is 14.0. The molecule has 2 aromatic carbocycles. The van der Waals surface area contributed by atoms with Gasteiger partial charge in [0.1, 0.15) is 5.82 Å². The summed E-state index contributed by atoms with van der Waals surface area (Å²) in [5.74, 6) is -2.16. The third-order valence-electron chi connectivity index (χ3n) is 3.14. The quantitative estimate of drug-likeness (QED) is 0.605. The molecule has 2 rings (SSSR count). The minimum absolute atomic E-state index is 0.105. The van der Waals surface area contributed by atoms with Gasteiger partial charge in [0.15, 0.2) is 0 Å². The number of carboxylic acids is 1. The first-order valence-electron chi connectivity index (χ1n) is 7.04. The number of nitrogens with zero attached hydrogens (tertiary/aromatic N) is 1. The van der Waals surface area contributed by atoms with E-state index in [2.05, 4.69) is 26.5 Å². The van der Waals surface area contributed by atoms with E-state index in [1.807, 2.05) is 0 Å².